The quantitative estimate of drug-likeness (QED) is 0.826. The van der Waals surface area contributed by atoms with Crippen molar-refractivity contribution < 1.29 is 0 Å². The van der Waals surface area contributed by atoms with Crippen molar-refractivity contribution in [3.8, 4) is 11.4 Å². The maximum Gasteiger partial charge on any atom is 0.158 e. The first kappa shape index (κ1) is 13.7. The molecule has 0 saturated carbocycles. The third-order valence-corrected chi connectivity index (χ3v) is 3.48. The van der Waals surface area contributed by atoms with Crippen LogP contribution in [0.3, 0.4) is 0 Å². The third kappa shape index (κ3) is 3.01. The summed E-state index contributed by atoms with van der Waals surface area (Å²) in [6, 6.07) is 9.02. The van der Waals surface area contributed by atoms with Gasteiger partial charge in [0.05, 0.1) is 0 Å². The number of aromatic nitrogens is 3. The lowest BCUT2D eigenvalue weighted by Crippen LogP contribution is -2.16. The predicted octanol–water partition coefficient (Wildman–Crippen LogP) is 2.98. The molecule has 2 rings (SSSR count). The second kappa shape index (κ2) is 5.97. The summed E-state index contributed by atoms with van der Waals surface area (Å²) < 4.78 is 1.96. The highest BCUT2D eigenvalue weighted by Gasteiger charge is 2.10. The first-order valence-electron chi connectivity index (χ1n) is 6.78. The smallest absolute Gasteiger partial charge is 0.158 e. The van der Waals surface area contributed by atoms with Gasteiger partial charge in [-0.15, -0.1) is 0 Å². The van der Waals surface area contributed by atoms with Crippen molar-refractivity contribution in [2.24, 2.45) is 0 Å². The van der Waals surface area contributed by atoms with E-state index in [-0.39, 0.29) is 0 Å². The maximum absolute atomic E-state index is 4.36. The molecule has 4 heteroatoms. The van der Waals surface area contributed by atoms with Gasteiger partial charge in [0, 0.05) is 18.2 Å². The van der Waals surface area contributed by atoms with Crippen LogP contribution in [-0.4, -0.2) is 33.8 Å². The van der Waals surface area contributed by atoms with Gasteiger partial charge in [-0.05, 0) is 33.0 Å². The number of nitrogens with zero attached hydrogens (tertiary/aromatic N) is 4. The monoisotopic (exact) mass is 258 g/mol. The molecule has 19 heavy (non-hydrogen) atoms. The topological polar surface area (TPSA) is 34.0 Å². The molecule has 102 valence electrons. The molecule has 0 aliphatic carbocycles. The maximum atomic E-state index is 4.36. The summed E-state index contributed by atoms with van der Waals surface area (Å²) in [5.41, 5.74) is 2.44. The van der Waals surface area contributed by atoms with E-state index in [1.807, 2.05) is 4.68 Å². The SMILES string of the molecule is CCCn1ncnc1-c1ccc([C@H](C)N(C)C)cc1. The van der Waals surface area contributed by atoms with E-state index >= 15 is 0 Å². The van der Waals surface area contributed by atoms with Gasteiger partial charge in [-0.2, -0.15) is 5.10 Å². The van der Waals surface area contributed by atoms with Crippen molar-refractivity contribution in [2.75, 3.05) is 14.1 Å². The third-order valence-electron chi connectivity index (χ3n) is 3.48. The summed E-state index contributed by atoms with van der Waals surface area (Å²) in [7, 11) is 4.19. The fourth-order valence-electron chi connectivity index (χ4n) is 2.07. The molecule has 0 bridgehead atoms. The standard InChI is InChI=1S/C15H22N4/c1-5-10-19-15(16-11-17-19)14-8-6-13(7-9-14)12(2)18(3)4/h6-9,11-12H,5,10H2,1-4H3/t12-/m0/s1. The minimum atomic E-state index is 0.419. The largest absolute Gasteiger partial charge is 0.303 e. The molecule has 2 aromatic rings. The van der Waals surface area contributed by atoms with E-state index in [4.69, 9.17) is 0 Å². The molecule has 0 fully saturated rings. The van der Waals surface area contributed by atoms with Crippen LogP contribution in [0.2, 0.25) is 0 Å². The summed E-state index contributed by atoms with van der Waals surface area (Å²) in [4.78, 5) is 6.56. The lowest BCUT2D eigenvalue weighted by molar-refractivity contribution is 0.321. The van der Waals surface area contributed by atoms with Crippen LogP contribution in [0.1, 0.15) is 31.9 Å². The molecule has 0 N–H and O–H groups in total. The Kier molecular flexibility index (Phi) is 4.32. The number of rotatable bonds is 5. The van der Waals surface area contributed by atoms with E-state index in [1.54, 1.807) is 6.33 Å². The Labute approximate surface area is 115 Å². The number of aryl methyl sites for hydroxylation is 1. The molecule has 0 aliphatic heterocycles. The van der Waals surface area contributed by atoms with Crippen LogP contribution in [0, 0.1) is 0 Å². The average molecular weight is 258 g/mol. The summed E-state index contributed by atoms with van der Waals surface area (Å²) >= 11 is 0. The van der Waals surface area contributed by atoms with Crippen molar-refractivity contribution in [1.29, 1.82) is 0 Å². The Hall–Kier alpha value is -1.68. The van der Waals surface area contributed by atoms with E-state index < -0.39 is 0 Å². The van der Waals surface area contributed by atoms with E-state index in [0.29, 0.717) is 6.04 Å². The van der Waals surface area contributed by atoms with Crippen LogP contribution in [0.5, 0.6) is 0 Å². The highest BCUT2D eigenvalue weighted by molar-refractivity contribution is 5.55. The zero-order valence-electron chi connectivity index (χ0n) is 12.2. The summed E-state index contributed by atoms with van der Waals surface area (Å²) in [5, 5.41) is 4.27. The van der Waals surface area contributed by atoms with E-state index in [1.165, 1.54) is 5.56 Å². The van der Waals surface area contributed by atoms with Crippen molar-refractivity contribution in [3.63, 3.8) is 0 Å². The minimum absolute atomic E-state index is 0.419. The zero-order chi connectivity index (χ0) is 13.8. The zero-order valence-corrected chi connectivity index (χ0v) is 12.2. The fourth-order valence-corrected chi connectivity index (χ4v) is 2.07. The van der Waals surface area contributed by atoms with Gasteiger partial charge in [0.25, 0.3) is 0 Å². The first-order valence-corrected chi connectivity index (χ1v) is 6.78. The molecule has 0 saturated heterocycles. The second-order valence-corrected chi connectivity index (χ2v) is 5.07. The lowest BCUT2D eigenvalue weighted by atomic mass is 10.1. The van der Waals surface area contributed by atoms with Crippen LogP contribution in [-0.2, 0) is 6.54 Å². The molecule has 0 unspecified atom stereocenters. The highest BCUT2D eigenvalue weighted by Crippen LogP contribution is 2.22. The lowest BCUT2D eigenvalue weighted by Gasteiger charge is -2.20. The Morgan fingerprint density at radius 1 is 1.21 bits per heavy atom. The van der Waals surface area contributed by atoms with Crippen molar-refractivity contribution >= 4 is 0 Å². The molecule has 0 radical (unpaired) electrons. The first-order chi connectivity index (χ1) is 9.13. The van der Waals surface area contributed by atoms with Crippen LogP contribution >= 0.6 is 0 Å². The highest BCUT2D eigenvalue weighted by atomic mass is 15.3. The van der Waals surface area contributed by atoms with Gasteiger partial charge < -0.3 is 4.90 Å². The van der Waals surface area contributed by atoms with Crippen LogP contribution in [0.15, 0.2) is 30.6 Å². The molecular formula is C15H22N4. The number of hydrogen-bond donors (Lipinski definition) is 0. The molecular weight excluding hydrogens is 236 g/mol. The fraction of sp³-hybridized carbons (Fsp3) is 0.467. The molecule has 0 aliphatic rings. The minimum Gasteiger partial charge on any atom is -0.303 e. The Balaban J connectivity index is 2.25. The molecule has 1 aromatic carbocycles. The Bertz CT molecular complexity index is 513. The number of hydrogen-bond acceptors (Lipinski definition) is 3. The molecule has 1 aromatic heterocycles. The van der Waals surface area contributed by atoms with Crippen molar-refractivity contribution in [2.45, 2.75) is 32.9 Å². The normalized spacial score (nSPS) is 12.9. The summed E-state index contributed by atoms with van der Waals surface area (Å²) in [5.74, 6) is 0.950. The number of benzene rings is 1. The van der Waals surface area contributed by atoms with Gasteiger partial charge >= 0.3 is 0 Å². The van der Waals surface area contributed by atoms with E-state index in [0.717, 1.165) is 24.4 Å². The molecule has 1 heterocycles. The van der Waals surface area contributed by atoms with E-state index in [9.17, 15) is 0 Å². The second-order valence-electron chi connectivity index (χ2n) is 5.07. The van der Waals surface area contributed by atoms with Crippen LogP contribution in [0.4, 0.5) is 0 Å². The predicted molar refractivity (Wildman–Crippen MR) is 77.9 cm³/mol. The van der Waals surface area contributed by atoms with Gasteiger partial charge in [-0.25, -0.2) is 9.67 Å². The van der Waals surface area contributed by atoms with Gasteiger partial charge in [-0.3, -0.25) is 0 Å². The molecule has 4 nitrogen and oxygen atoms in total. The van der Waals surface area contributed by atoms with E-state index in [2.05, 4.69) is 67.2 Å². The average Bonchev–Trinajstić information content (AvgIpc) is 2.87. The molecule has 0 spiro atoms. The van der Waals surface area contributed by atoms with Crippen molar-refractivity contribution in [3.05, 3.63) is 36.2 Å². The Morgan fingerprint density at radius 2 is 1.89 bits per heavy atom. The molecule has 0 amide bonds. The van der Waals surface area contributed by atoms with Gasteiger partial charge in [-0.1, -0.05) is 31.2 Å². The summed E-state index contributed by atoms with van der Waals surface area (Å²) in [6.07, 6.45) is 2.69. The Morgan fingerprint density at radius 3 is 2.47 bits per heavy atom. The van der Waals surface area contributed by atoms with Crippen LogP contribution < -0.4 is 0 Å². The van der Waals surface area contributed by atoms with Crippen molar-refractivity contribution in [1.82, 2.24) is 19.7 Å². The van der Waals surface area contributed by atoms with Gasteiger partial charge in [0.2, 0.25) is 0 Å². The van der Waals surface area contributed by atoms with Gasteiger partial charge in [0.15, 0.2) is 5.82 Å². The summed E-state index contributed by atoms with van der Waals surface area (Å²) in [6.45, 7) is 5.26. The van der Waals surface area contributed by atoms with Gasteiger partial charge in [0.1, 0.15) is 6.33 Å². The molecule has 1 atom stereocenters. The van der Waals surface area contributed by atoms with Crippen LogP contribution in [0.25, 0.3) is 11.4 Å².